The maximum Gasteiger partial charge on any atom is 0.231 e. The molecule has 0 unspecified atom stereocenters. The van der Waals surface area contributed by atoms with Gasteiger partial charge in [0.05, 0.1) is 0 Å². The number of anilines is 1. The molecule has 1 aliphatic rings. The lowest BCUT2D eigenvalue weighted by Gasteiger charge is -2.08. The van der Waals surface area contributed by atoms with Crippen LogP contribution in [0.5, 0.6) is 17.2 Å². The van der Waals surface area contributed by atoms with E-state index in [0.29, 0.717) is 28.5 Å². The molecule has 2 aromatic rings. The number of nitrogen functional groups attached to an aromatic ring is 1. The molecule has 98 valence electrons. The predicted molar refractivity (Wildman–Crippen MR) is 67.7 cm³/mol. The fourth-order valence-corrected chi connectivity index (χ4v) is 1.81. The van der Waals surface area contributed by atoms with Gasteiger partial charge in [-0.25, -0.2) is 4.39 Å². The highest BCUT2D eigenvalue weighted by atomic mass is 19.1. The zero-order chi connectivity index (χ0) is 13.2. The highest BCUT2D eigenvalue weighted by Crippen LogP contribution is 2.35. The van der Waals surface area contributed by atoms with E-state index in [1.54, 1.807) is 30.3 Å². The topological polar surface area (TPSA) is 53.7 Å². The van der Waals surface area contributed by atoms with E-state index in [9.17, 15) is 4.39 Å². The Morgan fingerprint density at radius 1 is 1.11 bits per heavy atom. The molecule has 19 heavy (non-hydrogen) atoms. The first-order chi connectivity index (χ1) is 9.22. The minimum absolute atomic E-state index is 0.131. The van der Waals surface area contributed by atoms with E-state index in [2.05, 4.69) is 0 Å². The van der Waals surface area contributed by atoms with E-state index in [1.165, 1.54) is 6.07 Å². The van der Waals surface area contributed by atoms with Crippen LogP contribution in [-0.2, 0) is 6.61 Å². The quantitative estimate of drug-likeness (QED) is 0.863. The summed E-state index contributed by atoms with van der Waals surface area (Å²) in [6, 6.07) is 9.76. The Balaban J connectivity index is 1.72. The third-order valence-electron chi connectivity index (χ3n) is 2.82. The van der Waals surface area contributed by atoms with Crippen LogP contribution in [0.15, 0.2) is 36.4 Å². The van der Waals surface area contributed by atoms with Gasteiger partial charge in [0.2, 0.25) is 6.79 Å². The van der Waals surface area contributed by atoms with Crippen molar-refractivity contribution in [3.8, 4) is 17.2 Å². The summed E-state index contributed by atoms with van der Waals surface area (Å²) in [7, 11) is 0. The number of rotatable bonds is 3. The Morgan fingerprint density at radius 2 is 1.95 bits per heavy atom. The molecule has 0 aliphatic carbocycles. The zero-order valence-electron chi connectivity index (χ0n) is 10.1. The van der Waals surface area contributed by atoms with E-state index in [-0.39, 0.29) is 19.2 Å². The van der Waals surface area contributed by atoms with Crippen molar-refractivity contribution in [2.45, 2.75) is 6.61 Å². The minimum atomic E-state index is -0.374. The Kier molecular flexibility index (Phi) is 2.87. The van der Waals surface area contributed by atoms with Gasteiger partial charge in [0.25, 0.3) is 0 Å². The van der Waals surface area contributed by atoms with Crippen molar-refractivity contribution in [3.05, 3.63) is 47.8 Å². The van der Waals surface area contributed by atoms with Gasteiger partial charge in [-0.15, -0.1) is 0 Å². The predicted octanol–water partition coefficient (Wildman–Crippen LogP) is 2.72. The Labute approximate surface area is 109 Å². The molecule has 5 heteroatoms. The van der Waals surface area contributed by atoms with Crippen LogP contribution in [-0.4, -0.2) is 6.79 Å². The molecule has 0 bridgehead atoms. The van der Waals surface area contributed by atoms with Gasteiger partial charge in [-0.3, -0.25) is 0 Å². The molecule has 3 rings (SSSR count). The first-order valence-corrected chi connectivity index (χ1v) is 5.79. The van der Waals surface area contributed by atoms with Crippen molar-refractivity contribution in [1.29, 1.82) is 0 Å². The lowest BCUT2D eigenvalue weighted by molar-refractivity contribution is 0.173. The fourth-order valence-electron chi connectivity index (χ4n) is 1.81. The number of benzene rings is 2. The van der Waals surface area contributed by atoms with Gasteiger partial charge in [0.1, 0.15) is 18.2 Å². The molecule has 0 atom stereocenters. The molecule has 4 nitrogen and oxygen atoms in total. The molecule has 0 saturated carbocycles. The second-order valence-corrected chi connectivity index (χ2v) is 4.15. The third kappa shape index (κ3) is 2.40. The maximum atomic E-state index is 13.6. The molecular weight excluding hydrogens is 249 g/mol. The number of hydrogen-bond donors (Lipinski definition) is 1. The summed E-state index contributed by atoms with van der Waals surface area (Å²) >= 11 is 0. The van der Waals surface area contributed by atoms with Crippen LogP contribution < -0.4 is 19.9 Å². The minimum Gasteiger partial charge on any atom is -0.489 e. The summed E-state index contributed by atoms with van der Waals surface area (Å²) in [4.78, 5) is 0. The van der Waals surface area contributed by atoms with Gasteiger partial charge in [0, 0.05) is 17.3 Å². The van der Waals surface area contributed by atoms with Gasteiger partial charge in [-0.2, -0.15) is 0 Å². The molecule has 0 saturated heterocycles. The number of halogens is 1. The monoisotopic (exact) mass is 261 g/mol. The molecule has 0 amide bonds. The largest absolute Gasteiger partial charge is 0.489 e. The molecular formula is C14H12FNO3. The van der Waals surface area contributed by atoms with Crippen LogP contribution in [0.25, 0.3) is 0 Å². The summed E-state index contributed by atoms with van der Waals surface area (Å²) < 4.78 is 29.5. The highest BCUT2D eigenvalue weighted by molar-refractivity contribution is 5.47. The van der Waals surface area contributed by atoms with Crippen molar-refractivity contribution < 1.29 is 18.6 Å². The maximum absolute atomic E-state index is 13.6. The van der Waals surface area contributed by atoms with E-state index in [1.807, 2.05) is 0 Å². The Morgan fingerprint density at radius 3 is 2.79 bits per heavy atom. The van der Waals surface area contributed by atoms with E-state index >= 15 is 0 Å². The van der Waals surface area contributed by atoms with Gasteiger partial charge < -0.3 is 19.9 Å². The number of hydrogen-bond acceptors (Lipinski definition) is 4. The summed E-state index contributed by atoms with van der Waals surface area (Å²) in [6.07, 6.45) is 0. The van der Waals surface area contributed by atoms with Crippen LogP contribution in [0.1, 0.15) is 5.56 Å². The second kappa shape index (κ2) is 4.68. The smallest absolute Gasteiger partial charge is 0.231 e. The first-order valence-electron chi connectivity index (χ1n) is 5.79. The summed E-state index contributed by atoms with van der Waals surface area (Å²) in [6.45, 7) is 0.344. The van der Waals surface area contributed by atoms with Crippen LogP contribution >= 0.6 is 0 Å². The van der Waals surface area contributed by atoms with Crippen molar-refractivity contribution in [1.82, 2.24) is 0 Å². The van der Waals surface area contributed by atoms with Gasteiger partial charge in [-0.05, 0) is 24.3 Å². The first kappa shape index (κ1) is 11.6. The molecule has 2 N–H and O–H groups in total. The summed E-state index contributed by atoms with van der Waals surface area (Å²) in [5.74, 6) is 1.54. The van der Waals surface area contributed by atoms with Crippen LogP contribution in [0.2, 0.25) is 0 Å². The lowest BCUT2D eigenvalue weighted by Crippen LogP contribution is -1.99. The molecule has 2 aromatic carbocycles. The van der Waals surface area contributed by atoms with E-state index in [4.69, 9.17) is 19.9 Å². The molecule has 0 spiro atoms. The van der Waals surface area contributed by atoms with Crippen LogP contribution in [0.4, 0.5) is 10.1 Å². The lowest BCUT2D eigenvalue weighted by atomic mass is 10.2. The highest BCUT2D eigenvalue weighted by Gasteiger charge is 2.14. The van der Waals surface area contributed by atoms with Crippen LogP contribution in [0, 0.1) is 5.82 Å². The zero-order valence-corrected chi connectivity index (χ0v) is 10.1. The van der Waals surface area contributed by atoms with E-state index < -0.39 is 0 Å². The summed E-state index contributed by atoms with van der Waals surface area (Å²) in [5, 5.41) is 0. The van der Waals surface area contributed by atoms with Gasteiger partial charge >= 0.3 is 0 Å². The molecule has 0 radical (unpaired) electrons. The van der Waals surface area contributed by atoms with Crippen molar-refractivity contribution >= 4 is 5.69 Å². The van der Waals surface area contributed by atoms with Crippen LogP contribution in [0.3, 0.4) is 0 Å². The molecule has 0 fully saturated rings. The number of ether oxygens (including phenoxy) is 3. The van der Waals surface area contributed by atoms with Crippen molar-refractivity contribution in [2.75, 3.05) is 12.5 Å². The number of nitrogens with two attached hydrogens (primary N) is 1. The second-order valence-electron chi connectivity index (χ2n) is 4.15. The van der Waals surface area contributed by atoms with Gasteiger partial charge in [0.15, 0.2) is 11.5 Å². The summed E-state index contributed by atoms with van der Waals surface area (Å²) in [5.41, 5.74) is 6.33. The number of fused-ring (bicyclic) bond motifs is 1. The standard InChI is InChI=1S/C14H12FNO3/c15-12-5-10(16)2-1-9(12)7-17-11-3-4-13-14(6-11)19-8-18-13/h1-6H,7-8,16H2. The Bertz CT molecular complexity index is 616. The van der Waals surface area contributed by atoms with E-state index in [0.717, 1.165) is 0 Å². The Hall–Kier alpha value is -2.43. The fraction of sp³-hybridized carbons (Fsp3) is 0.143. The average molecular weight is 261 g/mol. The molecule has 0 aromatic heterocycles. The normalized spacial score (nSPS) is 12.5. The average Bonchev–Trinajstić information content (AvgIpc) is 2.85. The SMILES string of the molecule is Nc1ccc(COc2ccc3c(c2)OCO3)c(F)c1. The van der Waals surface area contributed by atoms with Crippen molar-refractivity contribution in [3.63, 3.8) is 0 Å². The van der Waals surface area contributed by atoms with Crippen molar-refractivity contribution in [2.24, 2.45) is 0 Å². The third-order valence-corrected chi connectivity index (χ3v) is 2.82. The molecule has 1 aliphatic heterocycles. The van der Waals surface area contributed by atoms with Gasteiger partial charge in [-0.1, -0.05) is 6.07 Å². The molecule has 1 heterocycles.